The summed E-state index contributed by atoms with van der Waals surface area (Å²) in [5.41, 5.74) is 2.56. The Hall–Kier alpha value is -3.39. The van der Waals surface area contributed by atoms with E-state index in [0.717, 1.165) is 24.3 Å². The zero-order valence-electron chi connectivity index (χ0n) is 18.1. The van der Waals surface area contributed by atoms with Gasteiger partial charge in [0.05, 0.1) is 37.5 Å². The second-order valence-electron chi connectivity index (χ2n) is 7.97. The normalized spacial score (nSPS) is 18.5. The number of anilines is 2. The summed E-state index contributed by atoms with van der Waals surface area (Å²) in [5.74, 6) is -1.33. The lowest BCUT2D eigenvalue weighted by atomic mass is 10.1. The minimum absolute atomic E-state index is 0.0511. The van der Waals surface area contributed by atoms with E-state index < -0.39 is 11.9 Å². The molecule has 2 fully saturated rings. The first-order valence-corrected chi connectivity index (χ1v) is 10.7. The number of hydrogen-bond acceptors (Lipinski definition) is 6. The van der Waals surface area contributed by atoms with E-state index in [0.29, 0.717) is 32.0 Å². The number of rotatable bonds is 6. The molecule has 1 N–H and O–H groups in total. The molecule has 8 heteroatoms. The van der Waals surface area contributed by atoms with Crippen LogP contribution in [-0.2, 0) is 25.6 Å². The fourth-order valence-electron chi connectivity index (χ4n) is 4.08. The number of benzene rings is 2. The molecule has 8 nitrogen and oxygen atoms in total. The minimum atomic E-state index is -0.524. The highest BCUT2D eigenvalue weighted by Gasteiger charge is 2.34. The Morgan fingerprint density at radius 3 is 2.59 bits per heavy atom. The van der Waals surface area contributed by atoms with Crippen LogP contribution >= 0.6 is 0 Å². The summed E-state index contributed by atoms with van der Waals surface area (Å²) in [6.07, 6.45) is 0.151. The van der Waals surface area contributed by atoms with Gasteiger partial charge in [-0.25, -0.2) is 4.79 Å². The van der Waals surface area contributed by atoms with Gasteiger partial charge in [-0.1, -0.05) is 30.3 Å². The number of likely N-dealkylation sites (tertiary alicyclic amines) is 1. The fraction of sp³-hybridized carbons (Fsp3) is 0.375. The third-order valence-corrected chi connectivity index (χ3v) is 5.84. The summed E-state index contributed by atoms with van der Waals surface area (Å²) >= 11 is 0. The van der Waals surface area contributed by atoms with Gasteiger partial charge in [-0.05, 0) is 23.8 Å². The van der Waals surface area contributed by atoms with Crippen LogP contribution in [0.1, 0.15) is 22.3 Å². The summed E-state index contributed by atoms with van der Waals surface area (Å²) < 4.78 is 10.3. The first-order valence-electron chi connectivity index (χ1n) is 10.7. The third kappa shape index (κ3) is 4.91. The van der Waals surface area contributed by atoms with Crippen molar-refractivity contribution < 1.29 is 23.9 Å². The van der Waals surface area contributed by atoms with Crippen LogP contribution in [0.2, 0.25) is 0 Å². The Kier molecular flexibility index (Phi) is 6.70. The molecule has 2 saturated heterocycles. The van der Waals surface area contributed by atoms with Crippen molar-refractivity contribution >= 4 is 29.2 Å². The molecule has 0 aliphatic carbocycles. The number of morpholine rings is 1. The van der Waals surface area contributed by atoms with Gasteiger partial charge in [-0.3, -0.25) is 9.59 Å². The molecule has 168 valence electrons. The predicted molar refractivity (Wildman–Crippen MR) is 119 cm³/mol. The maximum atomic E-state index is 12.9. The predicted octanol–water partition coefficient (Wildman–Crippen LogP) is 2.30. The highest BCUT2D eigenvalue weighted by molar-refractivity contribution is 6.04. The molecular weight excluding hydrogens is 410 g/mol. The quantitative estimate of drug-likeness (QED) is 0.698. The zero-order chi connectivity index (χ0) is 22.5. The van der Waals surface area contributed by atoms with Crippen molar-refractivity contribution in [2.45, 2.75) is 13.0 Å². The van der Waals surface area contributed by atoms with E-state index in [2.05, 4.69) is 10.2 Å². The monoisotopic (exact) mass is 437 g/mol. The van der Waals surface area contributed by atoms with Crippen molar-refractivity contribution in [1.82, 2.24) is 4.90 Å². The molecule has 0 saturated carbocycles. The summed E-state index contributed by atoms with van der Waals surface area (Å²) in [5, 5.41) is 2.84. The van der Waals surface area contributed by atoms with Crippen LogP contribution in [0.4, 0.5) is 11.4 Å². The van der Waals surface area contributed by atoms with Gasteiger partial charge in [-0.2, -0.15) is 0 Å². The second kappa shape index (κ2) is 9.82. The number of amides is 2. The van der Waals surface area contributed by atoms with Crippen LogP contribution in [0.15, 0.2) is 48.5 Å². The van der Waals surface area contributed by atoms with Gasteiger partial charge >= 0.3 is 5.97 Å². The smallest absolute Gasteiger partial charge is 0.340 e. The number of carbonyl (C=O) groups excluding carboxylic acids is 3. The van der Waals surface area contributed by atoms with E-state index in [4.69, 9.17) is 9.47 Å². The van der Waals surface area contributed by atoms with Gasteiger partial charge in [0.25, 0.3) is 0 Å². The molecule has 0 aromatic heterocycles. The van der Waals surface area contributed by atoms with Gasteiger partial charge < -0.3 is 24.6 Å². The van der Waals surface area contributed by atoms with Crippen LogP contribution in [0.25, 0.3) is 0 Å². The van der Waals surface area contributed by atoms with Gasteiger partial charge in [0.1, 0.15) is 0 Å². The van der Waals surface area contributed by atoms with Crippen LogP contribution in [0.5, 0.6) is 0 Å². The molecule has 2 heterocycles. The van der Waals surface area contributed by atoms with Crippen molar-refractivity contribution in [2.75, 3.05) is 50.2 Å². The Labute approximate surface area is 187 Å². The first kappa shape index (κ1) is 21.8. The van der Waals surface area contributed by atoms with Crippen LogP contribution < -0.4 is 10.2 Å². The van der Waals surface area contributed by atoms with Crippen molar-refractivity contribution in [1.29, 1.82) is 0 Å². The van der Waals surface area contributed by atoms with E-state index >= 15 is 0 Å². The molecule has 2 amide bonds. The Morgan fingerprint density at radius 2 is 1.88 bits per heavy atom. The van der Waals surface area contributed by atoms with Crippen molar-refractivity contribution in [3.05, 3.63) is 59.7 Å². The molecule has 2 aliphatic rings. The molecule has 2 aliphatic heterocycles. The van der Waals surface area contributed by atoms with E-state index in [1.54, 1.807) is 17.0 Å². The number of ether oxygens (including phenoxy) is 2. The first-order chi connectivity index (χ1) is 15.5. The number of esters is 1. The molecule has 0 bridgehead atoms. The Morgan fingerprint density at radius 1 is 1.12 bits per heavy atom. The standard InChI is InChI=1S/C24H27N3O5/c1-31-24(30)20-14-19(26-9-11-32-12-10-26)7-8-21(20)25-23(29)18-13-22(28)27(16-18)15-17-5-3-2-4-6-17/h2-8,14,18H,9-13,15-16H2,1H3,(H,25,29). The number of nitrogens with one attached hydrogen (secondary N) is 1. The summed E-state index contributed by atoms with van der Waals surface area (Å²) in [4.78, 5) is 41.6. The molecular formula is C24H27N3O5. The molecule has 1 atom stereocenters. The molecule has 2 aromatic rings. The number of carbonyl (C=O) groups is 3. The molecule has 32 heavy (non-hydrogen) atoms. The number of nitrogens with zero attached hydrogens (tertiary/aromatic N) is 2. The molecule has 0 spiro atoms. The summed E-state index contributed by atoms with van der Waals surface area (Å²) in [6.45, 7) is 3.54. The van der Waals surface area contributed by atoms with Gasteiger partial charge in [0.2, 0.25) is 11.8 Å². The maximum Gasteiger partial charge on any atom is 0.340 e. The lowest BCUT2D eigenvalue weighted by Crippen LogP contribution is -2.36. The largest absolute Gasteiger partial charge is 0.465 e. The average molecular weight is 437 g/mol. The third-order valence-electron chi connectivity index (χ3n) is 5.84. The SMILES string of the molecule is COC(=O)c1cc(N2CCOCC2)ccc1NC(=O)C1CC(=O)N(Cc2ccccc2)C1. The zero-order valence-corrected chi connectivity index (χ0v) is 18.1. The summed E-state index contributed by atoms with van der Waals surface area (Å²) in [7, 11) is 1.31. The van der Waals surface area contributed by atoms with Crippen LogP contribution in [0, 0.1) is 5.92 Å². The topological polar surface area (TPSA) is 88.2 Å². The molecule has 1 unspecified atom stereocenters. The van der Waals surface area contributed by atoms with E-state index in [-0.39, 0.29) is 23.8 Å². The van der Waals surface area contributed by atoms with Crippen LogP contribution in [0.3, 0.4) is 0 Å². The van der Waals surface area contributed by atoms with Gasteiger partial charge in [0, 0.05) is 38.3 Å². The van der Waals surface area contributed by atoms with Crippen molar-refractivity contribution in [3.8, 4) is 0 Å². The lowest BCUT2D eigenvalue weighted by Gasteiger charge is -2.29. The lowest BCUT2D eigenvalue weighted by molar-refractivity contribution is -0.128. The highest BCUT2D eigenvalue weighted by atomic mass is 16.5. The highest BCUT2D eigenvalue weighted by Crippen LogP contribution is 2.27. The summed E-state index contributed by atoms with van der Waals surface area (Å²) in [6, 6.07) is 15.0. The van der Waals surface area contributed by atoms with Crippen LogP contribution in [-0.4, -0.2) is 62.6 Å². The second-order valence-corrected chi connectivity index (χ2v) is 7.97. The molecule has 2 aromatic carbocycles. The van der Waals surface area contributed by atoms with E-state index in [1.165, 1.54) is 7.11 Å². The Bertz CT molecular complexity index is 988. The Balaban J connectivity index is 1.46. The van der Waals surface area contributed by atoms with E-state index in [1.807, 2.05) is 36.4 Å². The average Bonchev–Trinajstić information content (AvgIpc) is 3.20. The van der Waals surface area contributed by atoms with Gasteiger partial charge in [0.15, 0.2) is 0 Å². The molecule has 4 rings (SSSR count). The number of hydrogen-bond donors (Lipinski definition) is 1. The maximum absolute atomic E-state index is 12.9. The fourth-order valence-corrected chi connectivity index (χ4v) is 4.08. The van der Waals surface area contributed by atoms with Crippen molar-refractivity contribution in [2.24, 2.45) is 5.92 Å². The van der Waals surface area contributed by atoms with Gasteiger partial charge in [-0.15, -0.1) is 0 Å². The molecule has 0 radical (unpaired) electrons. The van der Waals surface area contributed by atoms with Crippen molar-refractivity contribution in [3.63, 3.8) is 0 Å². The number of methoxy groups -OCH3 is 1. The minimum Gasteiger partial charge on any atom is -0.465 e. The van der Waals surface area contributed by atoms with E-state index in [9.17, 15) is 14.4 Å².